The number of rotatable bonds is 13. The number of hydrogen-bond donors (Lipinski definition) is 0. The van der Waals surface area contributed by atoms with E-state index < -0.39 is 8.32 Å². The molecule has 0 saturated heterocycles. The molecule has 0 spiro atoms. The van der Waals surface area contributed by atoms with E-state index in [0.29, 0.717) is 12.0 Å². The van der Waals surface area contributed by atoms with E-state index in [0.717, 1.165) is 12.8 Å². The van der Waals surface area contributed by atoms with Crippen LogP contribution in [0.4, 0.5) is 0 Å². The SMILES string of the molecule is C=C[C@H](C[C@@H](CCCCCCC)O[Si](C)(C)C(C)(C)C)OC(=O)c1ccccc1. The summed E-state index contributed by atoms with van der Waals surface area (Å²) in [6.07, 6.45) is 9.35. The fraction of sp³-hybridized carbons (Fsp3) is 0.640. The smallest absolute Gasteiger partial charge is 0.338 e. The largest absolute Gasteiger partial charge is 0.454 e. The molecule has 1 aromatic rings. The Morgan fingerprint density at radius 3 is 2.28 bits per heavy atom. The molecule has 0 saturated carbocycles. The molecule has 1 aromatic carbocycles. The lowest BCUT2D eigenvalue weighted by molar-refractivity contribution is 0.0275. The van der Waals surface area contributed by atoms with E-state index in [-0.39, 0.29) is 23.2 Å². The predicted molar refractivity (Wildman–Crippen MR) is 126 cm³/mol. The lowest BCUT2D eigenvalue weighted by atomic mass is 10.0. The van der Waals surface area contributed by atoms with Gasteiger partial charge in [0.25, 0.3) is 0 Å². The standard InChI is InChI=1S/C25H42O3Si/c1-8-10-11-12-16-19-23(28-29(6,7)25(3,4)5)20-22(9-2)27-24(26)21-17-14-13-15-18-21/h9,13-15,17-18,22-23H,2,8,10-12,16,19-20H2,1,3-7H3/t22-,23-/m1/s1. The number of carbonyl (C=O) groups excluding carboxylic acids is 1. The maximum absolute atomic E-state index is 12.5. The van der Waals surface area contributed by atoms with Gasteiger partial charge in [-0.1, -0.05) is 90.7 Å². The molecule has 3 nitrogen and oxygen atoms in total. The number of carbonyl (C=O) groups is 1. The Hall–Kier alpha value is -1.39. The highest BCUT2D eigenvalue weighted by atomic mass is 28.4. The number of unbranched alkanes of at least 4 members (excludes halogenated alkanes) is 4. The summed E-state index contributed by atoms with van der Waals surface area (Å²) in [4.78, 5) is 12.5. The Kier molecular flexibility index (Phi) is 10.9. The van der Waals surface area contributed by atoms with Crippen LogP contribution in [0.1, 0.15) is 83.0 Å². The number of hydrogen-bond acceptors (Lipinski definition) is 3. The van der Waals surface area contributed by atoms with Gasteiger partial charge in [0.1, 0.15) is 6.10 Å². The molecule has 0 unspecified atom stereocenters. The van der Waals surface area contributed by atoms with Gasteiger partial charge in [-0.05, 0) is 36.7 Å². The zero-order chi connectivity index (χ0) is 21.9. The van der Waals surface area contributed by atoms with Crippen LogP contribution in [0.2, 0.25) is 18.1 Å². The highest BCUT2D eigenvalue weighted by molar-refractivity contribution is 6.74. The Bertz CT molecular complexity index is 604. The molecule has 0 amide bonds. The van der Waals surface area contributed by atoms with Crippen LogP contribution >= 0.6 is 0 Å². The van der Waals surface area contributed by atoms with Crippen LogP contribution in [0.25, 0.3) is 0 Å². The summed E-state index contributed by atoms with van der Waals surface area (Å²) in [6.45, 7) is 17.5. The maximum Gasteiger partial charge on any atom is 0.338 e. The highest BCUT2D eigenvalue weighted by Gasteiger charge is 2.39. The number of benzene rings is 1. The molecule has 0 heterocycles. The fourth-order valence-corrected chi connectivity index (χ4v) is 4.43. The number of esters is 1. The van der Waals surface area contributed by atoms with Gasteiger partial charge in [-0.25, -0.2) is 4.79 Å². The molecule has 0 N–H and O–H groups in total. The lowest BCUT2D eigenvalue weighted by Gasteiger charge is -2.40. The molecule has 2 atom stereocenters. The molecule has 0 aliphatic heterocycles. The van der Waals surface area contributed by atoms with Gasteiger partial charge in [0, 0.05) is 12.5 Å². The predicted octanol–water partition coefficient (Wildman–Crippen LogP) is 7.54. The van der Waals surface area contributed by atoms with Gasteiger partial charge in [-0.15, -0.1) is 0 Å². The van der Waals surface area contributed by atoms with Gasteiger partial charge < -0.3 is 9.16 Å². The first kappa shape index (κ1) is 25.6. The number of ether oxygens (including phenoxy) is 1. The molecule has 1 rings (SSSR count). The van der Waals surface area contributed by atoms with Crippen LogP contribution < -0.4 is 0 Å². The Balaban J connectivity index is 2.78. The van der Waals surface area contributed by atoms with Gasteiger partial charge in [0.15, 0.2) is 8.32 Å². The minimum atomic E-state index is -1.90. The first-order valence-corrected chi connectivity index (χ1v) is 14.1. The van der Waals surface area contributed by atoms with Crippen molar-refractivity contribution >= 4 is 14.3 Å². The van der Waals surface area contributed by atoms with Crippen LogP contribution in [0.5, 0.6) is 0 Å². The van der Waals surface area contributed by atoms with Gasteiger partial charge >= 0.3 is 5.97 Å². The van der Waals surface area contributed by atoms with Crippen molar-refractivity contribution < 1.29 is 14.0 Å². The van der Waals surface area contributed by atoms with E-state index in [1.54, 1.807) is 18.2 Å². The summed E-state index contributed by atoms with van der Waals surface area (Å²) in [5.74, 6) is -0.301. The maximum atomic E-state index is 12.5. The zero-order valence-electron chi connectivity index (χ0n) is 19.5. The van der Waals surface area contributed by atoms with Crippen molar-refractivity contribution in [2.24, 2.45) is 0 Å². The minimum Gasteiger partial charge on any atom is -0.454 e. The fourth-order valence-electron chi connectivity index (χ4n) is 3.03. The second kappa shape index (κ2) is 12.3. The lowest BCUT2D eigenvalue weighted by Crippen LogP contribution is -2.44. The van der Waals surface area contributed by atoms with Crippen molar-refractivity contribution in [3.05, 3.63) is 48.6 Å². The van der Waals surface area contributed by atoms with Gasteiger partial charge in [0.05, 0.1) is 5.56 Å². The van der Waals surface area contributed by atoms with E-state index >= 15 is 0 Å². The summed E-state index contributed by atoms with van der Waals surface area (Å²) in [5.41, 5.74) is 0.570. The van der Waals surface area contributed by atoms with E-state index in [2.05, 4.69) is 47.4 Å². The van der Waals surface area contributed by atoms with Crippen molar-refractivity contribution in [2.75, 3.05) is 0 Å². The van der Waals surface area contributed by atoms with E-state index in [1.165, 1.54) is 25.7 Å². The second-order valence-electron chi connectivity index (χ2n) is 9.48. The molecule has 0 radical (unpaired) electrons. The molecule has 0 bridgehead atoms. The molecule has 29 heavy (non-hydrogen) atoms. The van der Waals surface area contributed by atoms with Crippen LogP contribution in [0.3, 0.4) is 0 Å². The molecular weight excluding hydrogens is 376 g/mol. The van der Waals surface area contributed by atoms with Crippen LogP contribution in [0, 0.1) is 0 Å². The third kappa shape index (κ3) is 9.31. The Morgan fingerprint density at radius 2 is 1.72 bits per heavy atom. The minimum absolute atomic E-state index is 0.0871. The van der Waals surface area contributed by atoms with Crippen LogP contribution in [0.15, 0.2) is 43.0 Å². The van der Waals surface area contributed by atoms with Crippen LogP contribution in [-0.4, -0.2) is 26.5 Å². The van der Waals surface area contributed by atoms with E-state index in [4.69, 9.17) is 9.16 Å². The third-order valence-electron chi connectivity index (χ3n) is 5.92. The molecular formula is C25H42O3Si. The van der Waals surface area contributed by atoms with Crippen molar-refractivity contribution in [1.82, 2.24) is 0 Å². The second-order valence-corrected chi connectivity index (χ2v) is 14.2. The molecule has 164 valence electrons. The van der Waals surface area contributed by atoms with Crippen molar-refractivity contribution in [2.45, 2.75) is 103 Å². The van der Waals surface area contributed by atoms with Crippen molar-refractivity contribution in [1.29, 1.82) is 0 Å². The summed E-state index contributed by atoms with van der Waals surface area (Å²) in [7, 11) is -1.90. The third-order valence-corrected chi connectivity index (χ3v) is 10.5. The molecule has 0 fully saturated rings. The quantitative estimate of drug-likeness (QED) is 0.144. The molecule has 0 aliphatic carbocycles. The average Bonchev–Trinajstić information content (AvgIpc) is 2.66. The summed E-state index contributed by atoms with van der Waals surface area (Å²) in [6, 6.07) is 9.14. The zero-order valence-corrected chi connectivity index (χ0v) is 20.5. The monoisotopic (exact) mass is 418 g/mol. The van der Waals surface area contributed by atoms with Crippen molar-refractivity contribution in [3.8, 4) is 0 Å². The normalized spacial score (nSPS) is 14.3. The molecule has 4 heteroatoms. The van der Waals surface area contributed by atoms with Gasteiger partial charge in [0.2, 0.25) is 0 Å². The Labute approximate surface area is 180 Å². The molecule has 0 aliphatic rings. The summed E-state index contributed by atoms with van der Waals surface area (Å²) in [5, 5.41) is 0.151. The Morgan fingerprint density at radius 1 is 1.10 bits per heavy atom. The van der Waals surface area contributed by atoms with E-state index in [1.807, 2.05) is 18.2 Å². The summed E-state index contributed by atoms with van der Waals surface area (Å²) < 4.78 is 12.5. The summed E-state index contributed by atoms with van der Waals surface area (Å²) >= 11 is 0. The first-order valence-electron chi connectivity index (χ1n) is 11.2. The first-order chi connectivity index (χ1) is 13.6. The average molecular weight is 419 g/mol. The van der Waals surface area contributed by atoms with Crippen LogP contribution in [-0.2, 0) is 9.16 Å². The van der Waals surface area contributed by atoms with Gasteiger partial charge in [-0.2, -0.15) is 0 Å². The molecule has 0 aromatic heterocycles. The topological polar surface area (TPSA) is 35.5 Å². The van der Waals surface area contributed by atoms with E-state index in [9.17, 15) is 4.79 Å². The highest BCUT2D eigenvalue weighted by Crippen LogP contribution is 2.38. The van der Waals surface area contributed by atoms with Crippen molar-refractivity contribution in [3.63, 3.8) is 0 Å². The van der Waals surface area contributed by atoms with Gasteiger partial charge in [-0.3, -0.25) is 0 Å².